The molecule has 6 nitrogen and oxygen atoms in total. The SMILES string of the molecule is NC(=O)c1cc2c(n(-c3cncc(F)c3)c1=O)CCCC2=O. The van der Waals surface area contributed by atoms with Gasteiger partial charge in [0.15, 0.2) is 5.78 Å². The highest BCUT2D eigenvalue weighted by atomic mass is 19.1. The van der Waals surface area contributed by atoms with Gasteiger partial charge < -0.3 is 5.73 Å². The monoisotopic (exact) mass is 301 g/mol. The van der Waals surface area contributed by atoms with Crippen molar-refractivity contribution in [3.8, 4) is 5.69 Å². The topological polar surface area (TPSA) is 95.1 Å². The molecule has 0 saturated carbocycles. The molecular formula is C15H12FN3O3. The van der Waals surface area contributed by atoms with Crippen LogP contribution in [0, 0.1) is 5.82 Å². The lowest BCUT2D eigenvalue weighted by atomic mass is 9.93. The van der Waals surface area contributed by atoms with Crippen molar-refractivity contribution in [1.29, 1.82) is 0 Å². The Bertz CT molecular complexity index is 858. The standard InChI is InChI=1S/C15H12FN3O3/c16-8-4-9(7-18-6-8)19-12-2-1-3-13(20)10(12)5-11(14(17)21)15(19)22/h4-7H,1-3H2,(H2,17,21). The molecule has 2 aromatic heterocycles. The number of nitrogens with zero attached hydrogens (tertiary/aromatic N) is 2. The number of hydrogen-bond donors (Lipinski definition) is 1. The largest absolute Gasteiger partial charge is 0.365 e. The van der Waals surface area contributed by atoms with E-state index in [2.05, 4.69) is 4.98 Å². The Balaban J connectivity index is 2.39. The quantitative estimate of drug-likeness (QED) is 0.894. The van der Waals surface area contributed by atoms with Gasteiger partial charge >= 0.3 is 0 Å². The van der Waals surface area contributed by atoms with E-state index in [0.717, 1.165) is 16.8 Å². The van der Waals surface area contributed by atoms with Crippen LogP contribution in [-0.4, -0.2) is 21.2 Å². The maximum atomic E-state index is 13.4. The number of rotatable bonds is 2. The van der Waals surface area contributed by atoms with Crippen molar-refractivity contribution >= 4 is 11.7 Å². The summed E-state index contributed by atoms with van der Waals surface area (Å²) in [6.07, 6.45) is 3.71. The summed E-state index contributed by atoms with van der Waals surface area (Å²) in [6, 6.07) is 2.36. The molecule has 0 bridgehead atoms. The van der Waals surface area contributed by atoms with Gasteiger partial charge in [-0.1, -0.05) is 0 Å². The molecule has 1 aliphatic rings. The van der Waals surface area contributed by atoms with Crippen molar-refractivity contribution in [3.05, 3.63) is 57.5 Å². The molecule has 2 N–H and O–H groups in total. The van der Waals surface area contributed by atoms with Crippen molar-refractivity contribution in [2.24, 2.45) is 5.73 Å². The first kappa shape index (κ1) is 14.1. The summed E-state index contributed by atoms with van der Waals surface area (Å²) in [5.41, 5.74) is 5.15. The number of hydrogen-bond acceptors (Lipinski definition) is 4. The zero-order valence-corrected chi connectivity index (χ0v) is 11.5. The van der Waals surface area contributed by atoms with Crippen molar-refractivity contribution in [2.75, 3.05) is 0 Å². The third-order valence-corrected chi connectivity index (χ3v) is 3.63. The molecule has 2 aromatic rings. The summed E-state index contributed by atoms with van der Waals surface area (Å²) in [4.78, 5) is 39.7. The van der Waals surface area contributed by atoms with Gasteiger partial charge in [0, 0.05) is 23.7 Å². The van der Waals surface area contributed by atoms with Gasteiger partial charge in [0.25, 0.3) is 11.5 Å². The van der Waals surface area contributed by atoms with Gasteiger partial charge in [-0.3, -0.25) is 23.9 Å². The summed E-state index contributed by atoms with van der Waals surface area (Å²) >= 11 is 0. The Morgan fingerprint density at radius 2 is 2.00 bits per heavy atom. The average Bonchev–Trinajstić information content (AvgIpc) is 2.46. The van der Waals surface area contributed by atoms with Crippen LogP contribution >= 0.6 is 0 Å². The van der Waals surface area contributed by atoms with Gasteiger partial charge in [-0.05, 0) is 18.9 Å². The van der Waals surface area contributed by atoms with Crippen LogP contribution < -0.4 is 11.3 Å². The van der Waals surface area contributed by atoms with E-state index in [1.54, 1.807) is 0 Å². The van der Waals surface area contributed by atoms with Gasteiger partial charge in [-0.15, -0.1) is 0 Å². The number of fused-ring (bicyclic) bond motifs is 1. The van der Waals surface area contributed by atoms with Gasteiger partial charge in [-0.25, -0.2) is 4.39 Å². The van der Waals surface area contributed by atoms with Crippen molar-refractivity contribution < 1.29 is 14.0 Å². The number of amides is 1. The second-order valence-corrected chi connectivity index (χ2v) is 5.06. The maximum absolute atomic E-state index is 13.4. The first-order chi connectivity index (χ1) is 10.5. The minimum absolute atomic E-state index is 0.165. The minimum Gasteiger partial charge on any atom is -0.365 e. The van der Waals surface area contributed by atoms with Crippen LogP contribution in [0.1, 0.15) is 39.3 Å². The van der Waals surface area contributed by atoms with E-state index in [9.17, 15) is 18.8 Å². The van der Waals surface area contributed by atoms with Gasteiger partial charge in [0.2, 0.25) is 0 Å². The molecule has 2 heterocycles. The highest BCUT2D eigenvalue weighted by molar-refractivity contribution is 6.01. The lowest BCUT2D eigenvalue weighted by Gasteiger charge is -2.21. The number of nitrogens with two attached hydrogens (primary N) is 1. The van der Waals surface area contributed by atoms with Crippen LogP contribution in [0.4, 0.5) is 4.39 Å². The minimum atomic E-state index is -0.927. The highest BCUT2D eigenvalue weighted by Crippen LogP contribution is 2.23. The van der Waals surface area contributed by atoms with E-state index in [4.69, 9.17) is 5.73 Å². The van der Waals surface area contributed by atoms with E-state index < -0.39 is 17.3 Å². The summed E-state index contributed by atoms with van der Waals surface area (Å²) in [5.74, 6) is -1.71. The first-order valence-electron chi connectivity index (χ1n) is 6.72. The number of halogens is 1. The zero-order valence-electron chi connectivity index (χ0n) is 11.5. The van der Waals surface area contributed by atoms with Gasteiger partial charge in [0.1, 0.15) is 11.4 Å². The molecule has 112 valence electrons. The van der Waals surface area contributed by atoms with Gasteiger partial charge in [-0.2, -0.15) is 0 Å². The van der Waals surface area contributed by atoms with Crippen LogP contribution in [0.25, 0.3) is 5.69 Å². The molecule has 0 atom stereocenters. The molecule has 0 saturated heterocycles. The number of aromatic nitrogens is 2. The van der Waals surface area contributed by atoms with Crippen LogP contribution in [0.5, 0.6) is 0 Å². The van der Waals surface area contributed by atoms with E-state index in [-0.39, 0.29) is 22.6 Å². The molecule has 3 rings (SSSR count). The molecule has 7 heteroatoms. The maximum Gasteiger partial charge on any atom is 0.268 e. The number of Topliss-reactive ketones (excluding diaryl/α,β-unsaturated/α-hetero) is 1. The Morgan fingerprint density at radius 3 is 2.68 bits per heavy atom. The molecule has 1 amide bonds. The third kappa shape index (κ3) is 2.20. The number of carbonyl (C=O) groups excluding carboxylic acids is 2. The Labute approximate surface area is 124 Å². The van der Waals surface area contributed by atoms with Crippen LogP contribution in [0.15, 0.2) is 29.3 Å². The van der Waals surface area contributed by atoms with Crippen LogP contribution in [-0.2, 0) is 6.42 Å². The fraction of sp³-hybridized carbons (Fsp3) is 0.200. The van der Waals surface area contributed by atoms with Gasteiger partial charge in [0.05, 0.1) is 18.1 Å². The molecule has 0 aliphatic heterocycles. The number of primary amides is 1. The summed E-state index contributed by atoms with van der Waals surface area (Å²) in [5, 5.41) is 0. The number of pyridine rings is 2. The molecule has 0 unspecified atom stereocenters. The van der Waals surface area contributed by atoms with Crippen molar-refractivity contribution in [2.45, 2.75) is 19.3 Å². The molecule has 0 spiro atoms. The molecule has 0 radical (unpaired) electrons. The van der Waals surface area contributed by atoms with Crippen LogP contribution in [0.3, 0.4) is 0 Å². The normalized spacial score (nSPS) is 13.8. The molecular weight excluding hydrogens is 289 g/mol. The smallest absolute Gasteiger partial charge is 0.268 e. The fourth-order valence-corrected chi connectivity index (χ4v) is 2.66. The van der Waals surface area contributed by atoms with E-state index in [0.29, 0.717) is 25.0 Å². The second kappa shape index (κ2) is 5.18. The molecule has 1 aliphatic carbocycles. The zero-order chi connectivity index (χ0) is 15.9. The number of carbonyl (C=O) groups is 2. The third-order valence-electron chi connectivity index (χ3n) is 3.63. The second-order valence-electron chi connectivity index (χ2n) is 5.06. The lowest BCUT2D eigenvalue weighted by molar-refractivity contribution is 0.0971. The molecule has 0 aromatic carbocycles. The Hall–Kier alpha value is -2.83. The summed E-state index contributed by atoms with van der Waals surface area (Å²) in [6.45, 7) is 0. The highest BCUT2D eigenvalue weighted by Gasteiger charge is 2.25. The molecule has 0 fully saturated rings. The van der Waals surface area contributed by atoms with Crippen molar-refractivity contribution in [1.82, 2.24) is 9.55 Å². The Morgan fingerprint density at radius 1 is 1.23 bits per heavy atom. The van der Waals surface area contributed by atoms with E-state index in [1.807, 2.05) is 0 Å². The lowest BCUT2D eigenvalue weighted by Crippen LogP contribution is -2.34. The van der Waals surface area contributed by atoms with Crippen molar-refractivity contribution in [3.63, 3.8) is 0 Å². The Kier molecular flexibility index (Phi) is 3.32. The fourth-order valence-electron chi connectivity index (χ4n) is 2.66. The van der Waals surface area contributed by atoms with E-state index in [1.165, 1.54) is 12.3 Å². The first-order valence-corrected chi connectivity index (χ1v) is 6.72. The predicted molar refractivity (Wildman–Crippen MR) is 75.6 cm³/mol. The average molecular weight is 301 g/mol. The summed E-state index contributed by atoms with van der Waals surface area (Å²) in [7, 11) is 0. The summed E-state index contributed by atoms with van der Waals surface area (Å²) < 4.78 is 14.6. The molecule has 22 heavy (non-hydrogen) atoms. The predicted octanol–water partition coefficient (Wildman–Crippen LogP) is 0.990. The van der Waals surface area contributed by atoms with Crippen LogP contribution in [0.2, 0.25) is 0 Å². The van der Waals surface area contributed by atoms with E-state index >= 15 is 0 Å². The number of ketones is 1.